The summed E-state index contributed by atoms with van der Waals surface area (Å²) >= 11 is 0. The molecule has 0 saturated heterocycles. The summed E-state index contributed by atoms with van der Waals surface area (Å²) in [5.41, 5.74) is 0. The minimum atomic E-state index is -4.18. The van der Waals surface area contributed by atoms with Crippen molar-refractivity contribution in [1.82, 2.24) is 0 Å². The second kappa shape index (κ2) is 36.3. The van der Waals surface area contributed by atoms with Gasteiger partial charge in [-0.05, 0) is 63.5 Å². The van der Waals surface area contributed by atoms with Crippen LogP contribution in [0, 0.1) is 0 Å². The van der Waals surface area contributed by atoms with Gasteiger partial charge in [0.2, 0.25) is 0 Å². The first-order valence-corrected chi connectivity index (χ1v) is 22.3. The van der Waals surface area contributed by atoms with Gasteiger partial charge in [0.15, 0.2) is 6.10 Å². The monoisotopic (exact) mass is 729 g/mol. The fourth-order valence-corrected chi connectivity index (χ4v) is 6.31. The Morgan fingerprint density at radius 2 is 0.940 bits per heavy atom. The summed E-state index contributed by atoms with van der Waals surface area (Å²) in [7, 11) is 1.83. The summed E-state index contributed by atoms with van der Waals surface area (Å²) in [6.07, 6.45) is 45.1. The molecule has 0 aliphatic heterocycles. The van der Waals surface area contributed by atoms with E-state index in [2.05, 4.69) is 32.1 Å². The Balaban J connectivity index is 4.25. The van der Waals surface area contributed by atoms with Crippen LogP contribution >= 0.6 is 7.82 Å². The predicted molar refractivity (Wildman–Crippen MR) is 214 cm³/mol. The van der Waals surface area contributed by atoms with Crippen molar-refractivity contribution in [2.24, 2.45) is 0 Å². The van der Waals surface area contributed by atoms with E-state index >= 15 is 0 Å². The Hall–Kier alpha value is -1.11. The summed E-state index contributed by atoms with van der Waals surface area (Å²) in [4.78, 5) is 10.2. The third-order valence-electron chi connectivity index (χ3n) is 8.89. The van der Waals surface area contributed by atoms with Crippen molar-refractivity contribution in [3.63, 3.8) is 0 Å². The van der Waals surface area contributed by atoms with E-state index in [9.17, 15) is 9.46 Å². The van der Waals surface area contributed by atoms with Gasteiger partial charge in [0.05, 0.1) is 40.3 Å². The number of rotatable bonds is 39. The Labute approximate surface area is 310 Å². The lowest BCUT2D eigenvalue weighted by molar-refractivity contribution is -0.870. The van der Waals surface area contributed by atoms with Crippen LogP contribution < -0.4 is 0 Å². The third-order valence-corrected chi connectivity index (χ3v) is 9.87. The maximum absolute atomic E-state index is 12.4. The summed E-state index contributed by atoms with van der Waals surface area (Å²) in [6, 6.07) is 0. The minimum Gasteiger partial charge on any atom is -0.498 e. The van der Waals surface area contributed by atoms with Crippen molar-refractivity contribution in [2.75, 3.05) is 47.5 Å². The van der Waals surface area contributed by atoms with Crippen LogP contribution in [0.2, 0.25) is 0 Å². The molecule has 2 atom stereocenters. The molecule has 1 N–H and O–H groups in total. The van der Waals surface area contributed by atoms with E-state index < -0.39 is 13.9 Å². The molecular weight excluding hydrogens is 645 g/mol. The maximum atomic E-state index is 12.4. The number of ether oxygens (including phenoxy) is 2. The van der Waals surface area contributed by atoms with Gasteiger partial charge in [-0.15, -0.1) is 0 Å². The highest BCUT2D eigenvalue weighted by molar-refractivity contribution is 7.47. The van der Waals surface area contributed by atoms with Gasteiger partial charge in [0, 0.05) is 0 Å². The van der Waals surface area contributed by atoms with Gasteiger partial charge in [0.25, 0.3) is 0 Å². The summed E-state index contributed by atoms with van der Waals surface area (Å²) in [5.74, 6) is 0. The average Bonchev–Trinajstić information content (AvgIpc) is 3.07. The van der Waals surface area contributed by atoms with Crippen LogP contribution in [0.4, 0.5) is 0 Å². The molecule has 0 rings (SSSR count). The van der Waals surface area contributed by atoms with Crippen LogP contribution in [0.15, 0.2) is 36.8 Å². The quantitative estimate of drug-likeness (QED) is 0.0223. The molecule has 0 spiro atoms. The minimum absolute atomic E-state index is 0.0941. The molecule has 0 aromatic carbocycles. The molecule has 0 radical (unpaired) electrons. The summed E-state index contributed by atoms with van der Waals surface area (Å²) < 4.78 is 35.1. The van der Waals surface area contributed by atoms with Crippen molar-refractivity contribution in [3.05, 3.63) is 36.8 Å². The van der Waals surface area contributed by atoms with Crippen molar-refractivity contribution >= 4 is 7.82 Å². The molecule has 0 saturated carbocycles. The standard InChI is InChI=1S/C42H82NO6P/c1-6-8-10-12-14-16-18-20-22-23-25-27-29-31-33-35-38-47-42(41-49-50(44,45)48-39-36-43(3,4)5)40-46-37-34-32-30-28-26-24-21-19-17-15-13-11-9-7-2/h16,18,34-35,37-38,42H,6-15,17,19-33,36,39-41H2,1-5H3/p+1/b18-16-,37-34-,38-35-/t42-/m1/s1. The highest BCUT2D eigenvalue weighted by Crippen LogP contribution is 2.43. The van der Waals surface area contributed by atoms with Crippen LogP contribution in [0.25, 0.3) is 0 Å². The number of phosphoric acid groups is 1. The second-order valence-electron chi connectivity index (χ2n) is 15.1. The second-order valence-corrected chi connectivity index (χ2v) is 16.6. The van der Waals surface area contributed by atoms with Crippen LogP contribution in [0.1, 0.15) is 181 Å². The number of nitrogens with zero attached hydrogens (tertiary/aromatic N) is 1. The van der Waals surface area contributed by atoms with Crippen molar-refractivity contribution in [2.45, 2.75) is 187 Å². The number of quaternary nitrogens is 1. The lowest BCUT2D eigenvalue weighted by atomic mass is 10.0. The van der Waals surface area contributed by atoms with E-state index in [-0.39, 0.29) is 19.8 Å². The molecule has 0 fully saturated rings. The zero-order valence-corrected chi connectivity index (χ0v) is 34.5. The Kier molecular flexibility index (Phi) is 35.5. The molecule has 50 heavy (non-hydrogen) atoms. The van der Waals surface area contributed by atoms with Crippen LogP contribution in [0.3, 0.4) is 0 Å². The molecule has 7 nitrogen and oxygen atoms in total. The molecule has 0 aromatic heterocycles. The van der Waals surface area contributed by atoms with E-state index in [0.717, 1.165) is 25.7 Å². The maximum Gasteiger partial charge on any atom is 0.472 e. The van der Waals surface area contributed by atoms with E-state index in [1.165, 1.54) is 141 Å². The lowest BCUT2D eigenvalue weighted by Crippen LogP contribution is -2.37. The average molecular weight is 729 g/mol. The molecule has 0 aliphatic carbocycles. The smallest absolute Gasteiger partial charge is 0.472 e. The number of likely N-dealkylation sites (N-methyl/N-ethyl adjacent to an activating group) is 1. The topological polar surface area (TPSA) is 74.2 Å². The molecule has 1 unspecified atom stereocenters. The Morgan fingerprint density at radius 3 is 1.40 bits per heavy atom. The van der Waals surface area contributed by atoms with E-state index in [4.69, 9.17) is 18.5 Å². The van der Waals surface area contributed by atoms with Crippen molar-refractivity contribution in [1.29, 1.82) is 0 Å². The van der Waals surface area contributed by atoms with Crippen molar-refractivity contribution in [3.8, 4) is 0 Å². The van der Waals surface area contributed by atoms with Gasteiger partial charge in [0.1, 0.15) is 19.8 Å². The molecule has 0 heterocycles. The molecule has 0 aliphatic rings. The van der Waals surface area contributed by atoms with E-state index in [1.54, 1.807) is 12.5 Å². The van der Waals surface area contributed by atoms with E-state index in [1.807, 2.05) is 27.2 Å². The molecule has 296 valence electrons. The fraction of sp³-hybridized carbons (Fsp3) is 0.857. The van der Waals surface area contributed by atoms with Crippen molar-refractivity contribution < 1.29 is 32.5 Å². The van der Waals surface area contributed by atoms with E-state index in [0.29, 0.717) is 11.0 Å². The number of hydrogen-bond donors (Lipinski definition) is 1. The normalized spacial score (nSPS) is 14.3. The van der Waals surface area contributed by atoms with Crippen LogP contribution in [-0.2, 0) is 23.1 Å². The zero-order valence-electron chi connectivity index (χ0n) is 33.6. The first-order chi connectivity index (χ1) is 24.2. The summed E-state index contributed by atoms with van der Waals surface area (Å²) in [5, 5.41) is 0. The first-order valence-electron chi connectivity index (χ1n) is 20.8. The first kappa shape index (κ1) is 48.9. The largest absolute Gasteiger partial charge is 0.498 e. The summed E-state index contributed by atoms with van der Waals surface area (Å²) in [6.45, 7) is 5.40. The predicted octanol–water partition coefficient (Wildman–Crippen LogP) is 13.0. The molecule has 0 bridgehead atoms. The number of hydrogen-bond acceptors (Lipinski definition) is 5. The van der Waals surface area contributed by atoms with Crippen LogP contribution in [0.5, 0.6) is 0 Å². The number of phosphoric ester groups is 1. The Morgan fingerprint density at radius 1 is 0.540 bits per heavy atom. The molecule has 0 amide bonds. The molecule has 8 heteroatoms. The van der Waals surface area contributed by atoms with Gasteiger partial charge in [-0.1, -0.05) is 142 Å². The highest BCUT2D eigenvalue weighted by atomic mass is 31.2. The van der Waals surface area contributed by atoms with Crippen LogP contribution in [-0.4, -0.2) is 63.0 Å². The highest BCUT2D eigenvalue weighted by Gasteiger charge is 2.25. The number of unbranched alkanes of at least 4 members (excludes halogenated alkanes) is 23. The zero-order chi connectivity index (χ0) is 36.9. The third kappa shape index (κ3) is 39.7. The molecular formula is C42H83NO6P+. The van der Waals surface area contributed by atoms with Gasteiger partial charge in [-0.3, -0.25) is 9.05 Å². The lowest BCUT2D eigenvalue weighted by Gasteiger charge is -2.24. The SMILES string of the molecule is CCCCCC/C=C\CCCCCCCC/C=C\O[C@H](CO/C=C\CCCCCCCCCCCCCC)COP(=O)(O)OCC[N+](C)(C)C. The Bertz CT molecular complexity index is 841. The van der Waals surface area contributed by atoms with Gasteiger partial charge >= 0.3 is 7.82 Å². The molecule has 0 aromatic rings. The van der Waals surface area contributed by atoms with Gasteiger partial charge in [-0.2, -0.15) is 0 Å². The number of allylic oxidation sites excluding steroid dienone is 4. The van der Waals surface area contributed by atoms with Gasteiger partial charge in [-0.25, -0.2) is 4.57 Å². The van der Waals surface area contributed by atoms with Gasteiger partial charge < -0.3 is 18.9 Å². The fourth-order valence-electron chi connectivity index (χ4n) is 5.56.